The van der Waals surface area contributed by atoms with Crippen LogP contribution in [0.4, 0.5) is 0 Å². The summed E-state index contributed by atoms with van der Waals surface area (Å²) in [6, 6.07) is 1.95. The van der Waals surface area contributed by atoms with E-state index in [1.807, 2.05) is 11.3 Å². The van der Waals surface area contributed by atoms with Gasteiger partial charge in [-0.2, -0.15) is 0 Å². The van der Waals surface area contributed by atoms with Crippen LogP contribution in [-0.4, -0.2) is 35.1 Å². The summed E-state index contributed by atoms with van der Waals surface area (Å²) >= 11 is 1.93. The molecule has 3 nitrogen and oxygen atoms in total. The Balaban J connectivity index is 1.97. The Morgan fingerprint density at radius 3 is 2.43 bits per heavy atom. The molecule has 2 aliphatic heterocycles. The van der Waals surface area contributed by atoms with Gasteiger partial charge in [0.05, 0.1) is 11.2 Å². The first kappa shape index (κ1) is 15.4. The molecule has 1 aromatic heterocycles. The number of hydrogen-bond acceptors (Lipinski definition) is 4. The molecule has 21 heavy (non-hydrogen) atoms. The zero-order valence-electron chi connectivity index (χ0n) is 14.1. The summed E-state index contributed by atoms with van der Waals surface area (Å²) < 4.78 is 0. The number of piperidine rings is 1. The quantitative estimate of drug-likeness (QED) is 0.923. The Morgan fingerprint density at radius 1 is 1.33 bits per heavy atom. The highest BCUT2D eigenvalue weighted by Gasteiger charge is 2.49. The van der Waals surface area contributed by atoms with E-state index in [1.165, 1.54) is 41.3 Å². The van der Waals surface area contributed by atoms with Crippen LogP contribution in [0.5, 0.6) is 0 Å². The summed E-state index contributed by atoms with van der Waals surface area (Å²) in [5.41, 5.74) is 1.40. The van der Waals surface area contributed by atoms with Gasteiger partial charge in [-0.05, 0) is 59.9 Å². The van der Waals surface area contributed by atoms with Crippen LogP contribution in [0.15, 0.2) is 0 Å². The number of rotatable bonds is 4. The molecule has 118 valence electrons. The topological polar surface area (TPSA) is 28.2 Å². The minimum Gasteiger partial charge on any atom is -0.303 e. The van der Waals surface area contributed by atoms with Gasteiger partial charge in [0, 0.05) is 23.0 Å². The van der Waals surface area contributed by atoms with Gasteiger partial charge in [-0.25, -0.2) is 4.98 Å². The smallest absolute Gasteiger partial charge is 0.113 e. The highest BCUT2D eigenvalue weighted by molar-refractivity contribution is 7.11. The highest BCUT2D eigenvalue weighted by atomic mass is 32.1. The summed E-state index contributed by atoms with van der Waals surface area (Å²) in [4.78, 5) is 9.06. The van der Waals surface area contributed by atoms with E-state index in [0.717, 1.165) is 18.5 Å². The Hall–Kier alpha value is -0.450. The monoisotopic (exact) mass is 307 g/mol. The fourth-order valence-electron chi connectivity index (χ4n) is 4.34. The Labute approximate surface area is 133 Å². The average molecular weight is 308 g/mol. The summed E-state index contributed by atoms with van der Waals surface area (Å²) in [5, 5.41) is 5.26. The normalized spacial score (nSPS) is 33.0. The van der Waals surface area contributed by atoms with Crippen molar-refractivity contribution in [3.05, 3.63) is 15.6 Å². The second kappa shape index (κ2) is 5.64. The molecule has 2 saturated heterocycles. The van der Waals surface area contributed by atoms with Crippen LogP contribution in [0.2, 0.25) is 0 Å². The van der Waals surface area contributed by atoms with Crippen LogP contribution in [-0.2, 0) is 12.0 Å². The van der Waals surface area contributed by atoms with Crippen molar-refractivity contribution in [2.75, 3.05) is 7.05 Å². The molecule has 3 heterocycles. The number of fused-ring (bicyclic) bond motifs is 2. The molecular formula is C17H29N3S. The third-order valence-electron chi connectivity index (χ3n) is 5.36. The zero-order chi connectivity index (χ0) is 15.2. The molecule has 1 aromatic rings. The van der Waals surface area contributed by atoms with Gasteiger partial charge >= 0.3 is 0 Å². The number of nitrogens with one attached hydrogen (secondary N) is 1. The van der Waals surface area contributed by atoms with E-state index in [0.29, 0.717) is 6.04 Å². The van der Waals surface area contributed by atoms with E-state index < -0.39 is 0 Å². The minimum atomic E-state index is 0.107. The van der Waals surface area contributed by atoms with E-state index in [9.17, 15) is 0 Å². The molecule has 0 spiro atoms. The van der Waals surface area contributed by atoms with E-state index in [2.05, 4.69) is 45.0 Å². The van der Waals surface area contributed by atoms with Gasteiger partial charge in [0.25, 0.3) is 0 Å². The van der Waals surface area contributed by atoms with Crippen molar-refractivity contribution < 1.29 is 0 Å². The van der Waals surface area contributed by atoms with E-state index in [-0.39, 0.29) is 5.54 Å². The molecule has 2 atom stereocenters. The summed E-state index contributed by atoms with van der Waals surface area (Å²) in [6.45, 7) is 8.98. The molecule has 2 unspecified atom stereocenters. The summed E-state index contributed by atoms with van der Waals surface area (Å²) in [7, 11) is 2.31. The van der Waals surface area contributed by atoms with Crippen molar-refractivity contribution in [2.24, 2.45) is 0 Å². The number of nitrogens with zero attached hydrogens (tertiary/aromatic N) is 2. The molecule has 0 amide bonds. The molecule has 3 rings (SSSR count). The van der Waals surface area contributed by atoms with Crippen LogP contribution in [0.1, 0.15) is 62.0 Å². The van der Waals surface area contributed by atoms with E-state index >= 15 is 0 Å². The van der Waals surface area contributed by atoms with E-state index in [1.54, 1.807) is 0 Å². The van der Waals surface area contributed by atoms with Gasteiger partial charge < -0.3 is 10.2 Å². The molecule has 0 saturated carbocycles. The maximum absolute atomic E-state index is 5.04. The first-order chi connectivity index (χ1) is 9.95. The first-order valence-electron chi connectivity index (χ1n) is 8.41. The first-order valence-corrected chi connectivity index (χ1v) is 9.23. The largest absolute Gasteiger partial charge is 0.303 e. The Bertz CT molecular complexity index is 494. The highest BCUT2D eigenvalue weighted by Crippen LogP contribution is 2.46. The van der Waals surface area contributed by atoms with Crippen LogP contribution >= 0.6 is 11.3 Å². The predicted octanol–water partition coefficient (Wildman–Crippen LogP) is 3.46. The van der Waals surface area contributed by atoms with Crippen molar-refractivity contribution in [1.82, 2.24) is 15.2 Å². The van der Waals surface area contributed by atoms with Gasteiger partial charge in [-0.15, -0.1) is 11.3 Å². The molecular weight excluding hydrogens is 278 g/mol. The average Bonchev–Trinajstić information content (AvgIpc) is 2.88. The third kappa shape index (κ3) is 2.66. The standard InChI is InChI=1S/C17H29N3S/c1-6-15-12(4)21-16(18-15)17(19-11(2)3)9-13-7-8-14(10-17)20(13)5/h11,13-14,19H,6-10H2,1-5H3. The van der Waals surface area contributed by atoms with Crippen LogP contribution < -0.4 is 5.32 Å². The van der Waals surface area contributed by atoms with Crippen LogP contribution in [0.3, 0.4) is 0 Å². The maximum atomic E-state index is 5.04. The fourth-order valence-corrected chi connectivity index (χ4v) is 5.51. The fraction of sp³-hybridized carbons (Fsp3) is 0.824. The van der Waals surface area contributed by atoms with Crippen molar-refractivity contribution >= 4 is 11.3 Å². The number of thiazole rings is 1. The van der Waals surface area contributed by atoms with Crippen molar-refractivity contribution in [1.29, 1.82) is 0 Å². The number of aryl methyl sites for hydroxylation is 2. The number of aromatic nitrogens is 1. The predicted molar refractivity (Wildman–Crippen MR) is 90.0 cm³/mol. The van der Waals surface area contributed by atoms with Crippen LogP contribution in [0.25, 0.3) is 0 Å². The zero-order valence-corrected chi connectivity index (χ0v) is 14.9. The second-order valence-electron chi connectivity index (χ2n) is 7.22. The SMILES string of the molecule is CCc1nc(C2(NC(C)C)CC3CCC(C2)N3C)sc1C. The summed E-state index contributed by atoms with van der Waals surface area (Å²) in [5.74, 6) is 0. The molecule has 0 radical (unpaired) electrons. The molecule has 0 aliphatic carbocycles. The van der Waals surface area contributed by atoms with Gasteiger partial charge in [0.15, 0.2) is 0 Å². The lowest BCUT2D eigenvalue weighted by Crippen LogP contribution is -2.56. The molecule has 2 bridgehead atoms. The van der Waals surface area contributed by atoms with Gasteiger partial charge in [-0.1, -0.05) is 6.92 Å². The minimum absolute atomic E-state index is 0.107. The summed E-state index contributed by atoms with van der Waals surface area (Å²) in [6.07, 6.45) is 6.19. The molecule has 2 aliphatic rings. The lowest BCUT2D eigenvalue weighted by atomic mass is 9.82. The van der Waals surface area contributed by atoms with Crippen LogP contribution in [0, 0.1) is 6.92 Å². The van der Waals surface area contributed by atoms with E-state index in [4.69, 9.17) is 4.98 Å². The van der Waals surface area contributed by atoms with Crippen molar-refractivity contribution in [3.63, 3.8) is 0 Å². The number of hydrogen-bond donors (Lipinski definition) is 1. The van der Waals surface area contributed by atoms with Gasteiger partial charge in [-0.3, -0.25) is 0 Å². The lowest BCUT2D eigenvalue weighted by molar-refractivity contribution is 0.0829. The molecule has 1 N–H and O–H groups in total. The lowest BCUT2D eigenvalue weighted by Gasteiger charge is -2.45. The Kier molecular flexibility index (Phi) is 4.15. The molecule has 0 aromatic carbocycles. The molecule has 4 heteroatoms. The van der Waals surface area contributed by atoms with Crippen molar-refractivity contribution in [2.45, 2.75) is 83.5 Å². The maximum Gasteiger partial charge on any atom is 0.113 e. The Morgan fingerprint density at radius 2 is 1.95 bits per heavy atom. The second-order valence-corrected chi connectivity index (χ2v) is 8.42. The third-order valence-corrected chi connectivity index (χ3v) is 6.57. The van der Waals surface area contributed by atoms with Gasteiger partial charge in [0.1, 0.15) is 5.01 Å². The van der Waals surface area contributed by atoms with Gasteiger partial charge in [0.2, 0.25) is 0 Å². The van der Waals surface area contributed by atoms with Crippen molar-refractivity contribution in [3.8, 4) is 0 Å². The molecule has 2 fully saturated rings.